The predicted octanol–water partition coefficient (Wildman–Crippen LogP) is 0.589. The number of nitrogens with zero attached hydrogens (tertiary/aromatic N) is 1. The Balaban J connectivity index is 2.26. The summed E-state index contributed by atoms with van der Waals surface area (Å²) in [7, 11) is 0. The molecule has 0 aromatic carbocycles. The van der Waals surface area contributed by atoms with Gasteiger partial charge in [0.25, 0.3) is 0 Å². The summed E-state index contributed by atoms with van der Waals surface area (Å²) in [6.07, 6.45) is 4.83. The lowest BCUT2D eigenvalue weighted by Crippen LogP contribution is -2.41. The van der Waals surface area contributed by atoms with E-state index < -0.39 is 0 Å². The average molecular weight is 153 g/mol. The molecule has 0 radical (unpaired) electrons. The summed E-state index contributed by atoms with van der Waals surface area (Å²) in [6, 6.07) is 2.18. The van der Waals surface area contributed by atoms with Gasteiger partial charge in [0.15, 0.2) is 0 Å². The van der Waals surface area contributed by atoms with Gasteiger partial charge >= 0.3 is 0 Å². The fourth-order valence-electron chi connectivity index (χ4n) is 1.26. The Morgan fingerprint density at radius 3 is 2.00 bits per heavy atom. The second-order valence-corrected chi connectivity index (χ2v) is 2.88. The second kappa shape index (κ2) is 5.11. The van der Waals surface area contributed by atoms with Gasteiger partial charge in [0.05, 0.1) is 6.07 Å². The summed E-state index contributed by atoms with van der Waals surface area (Å²) in [5.41, 5.74) is 0. The highest BCUT2D eigenvalue weighted by atomic mass is 15.1. The molecule has 0 saturated carbocycles. The Morgan fingerprint density at radius 1 is 1.00 bits per heavy atom. The summed E-state index contributed by atoms with van der Waals surface area (Å²) in [5.74, 6) is 0. The van der Waals surface area contributed by atoms with Crippen LogP contribution in [0.5, 0.6) is 0 Å². The van der Waals surface area contributed by atoms with E-state index in [-0.39, 0.29) is 6.17 Å². The molecule has 1 fully saturated rings. The monoisotopic (exact) mass is 153 g/mol. The normalized spacial score (nSPS) is 22.8. The van der Waals surface area contributed by atoms with Crippen molar-refractivity contribution in [3.63, 3.8) is 0 Å². The average Bonchev–Trinajstić information content (AvgIpc) is 2.16. The van der Waals surface area contributed by atoms with Crippen LogP contribution in [0.1, 0.15) is 25.7 Å². The zero-order valence-corrected chi connectivity index (χ0v) is 6.77. The van der Waals surface area contributed by atoms with Gasteiger partial charge in [-0.3, -0.25) is 10.6 Å². The third kappa shape index (κ3) is 3.35. The predicted molar refractivity (Wildman–Crippen MR) is 43.9 cm³/mol. The van der Waals surface area contributed by atoms with E-state index in [1.165, 1.54) is 25.7 Å². The van der Waals surface area contributed by atoms with E-state index in [4.69, 9.17) is 5.26 Å². The van der Waals surface area contributed by atoms with E-state index in [9.17, 15) is 0 Å². The molecule has 3 heteroatoms. The Kier molecular flexibility index (Phi) is 3.95. The molecule has 2 N–H and O–H groups in total. The van der Waals surface area contributed by atoms with Crippen molar-refractivity contribution in [2.24, 2.45) is 0 Å². The van der Waals surface area contributed by atoms with Crippen LogP contribution in [0.25, 0.3) is 0 Å². The van der Waals surface area contributed by atoms with Crippen LogP contribution in [0.4, 0.5) is 0 Å². The quantitative estimate of drug-likeness (QED) is 0.535. The van der Waals surface area contributed by atoms with Crippen LogP contribution in [0, 0.1) is 11.3 Å². The summed E-state index contributed by atoms with van der Waals surface area (Å²) < 4.78 is 0. The molecular formula is C8H15N3. The fraction of sp³-hybridized carbons (Fsp3) is 0.875. The van der Waals surface area contributed by atoms with Crippen LogP contribution in [0.3, 0.4) is 0 Å². The summed E-state index contributed by atoms with van der Waals surface area (Å²) in [4.78, 5) is 0. The van der Waals surface area contributed by atoms with Crippen LogP contribution < -0.4 is 10.6 Å². The first-order valence-corrected chi connectivity index (χ1v) is 4.30. The molecule has 62 valence electrons. The molecule has 1 rings (SSSR count). The minimum atomic E-state index is -0.131. The molecule has 1 aliphatic heterocycles. The van der Waals surface area contributed by atoms with E-state index in [1.807, 2.05) is 0 Å². The van der Waals surface area contributed by atoms with Gasteiger partial charge in [-0.2, -0.15) is 5.26 Å². The van der Waals surface area contributed by atoms with Gasteiger partial charge in [-0.1, -0.05) is 12.8 Å². The second-order valence-electron chi connectivity index (χ2n) is 2.88. The van der Waals surface area contributed by atoms with Gasteiger partial charge in [-0.25, -0.2) is 0 Å². The molecule has 1 aliphatic rings. The smallest absolute Gasteiger partial charge is 0.147 e. The third-order valence-electron chi connectivity index (χ3n) is 1.93. The number of rotatable bonds is 0. The molecule has 0 aliphatic carbocycles. The van der Waals surface area contributed by atoms with Gasteiger partial charge < -0.3 is 0 Å². The van der Waals surface area contributed by atoms with Gasteiger partial charge in [-0.15, -0.1) is 0 Å². The number of hydrogen-bond acceptors (Lipinski definition) is 3. The standard InChI is InChI=1S/C8H15N3/c9-7-8-10-5-3-1-2-4-6-11-8/h8,10-11H,1-6H2. The van der Waals surface area contributed by atoms with Crippen LogP contribution in [-0.2, 0) is 0 Å². The van der Waals surface area contributed by atoms with Gasteiger partial charge in [0.2, 0.25) is 0 Å². The molecule has 0 spiro atoms. The van der Waals surface area contributed by atoms with Crippen molar-refractivity contribution in [1.29, 1.82) is 5.26 Å². The highest BCUT2D eigenvalue weighted by Gasteiger charge is 2.05. The first-order chi connectivity index (χ1) is 5.43. The van der Waals surface area contributed by atoms with Crippen LogP contribution in [0.2, 0.25) is 0 Å². The maximum atomic E-state index is 8.62. The lowest BCUT2D eigenvalue weighted by molar-refractivity contribution is 0.511. The molecule has 0 bridgehead atoms. The minimum Gasteiger partial charge on any atom is -0.290 e. The van der Waals surface area contributed by atoms with Crippen LogP contribution in [0.15, 0.2) is 0 Å². The van der Waals surface area contributed by atoms with Gasteiger partial charge in [0.1, 0.15) is 6.17 Å². The number of nitrogens with one attached hydrogen (secondary N) is 2. The van der Waals surface area contributed by atoms with Crippen molar-refractivity contribution in [1.82, 2.24) is 10.6 Å². The van der Waals surface area contributed by atoms with Crippen LogP contribution >= 0.6 is 0 Å². The molecule has 3 nitrogen and oxygen atoms in total. The minimum absolute atomic E-state index is 0.131. The van der Waals surface area contributed by atoms with E-state index in [0.29, 0.717) is 0 Å². The highest BCUT2D eigenvalue weighted by molar-refractivity contribution is 4.87. The molecule has 1 heterocycles. The Hall–Kier alpha value is -0.590. The Morgan fingerprint density at radius 2 is 1.55 bits per heavy atom. The number of hydrogen-bond donors (Lipinski definition) is 2. The van der Waals surface area contributed by atoms with Gasteiger partial charge in [-0.05, 0) is 25.9 Å². The lowest BCUT2D eigenvalue weighted by Gasteiger charge is -2.09. The number of nitriles is 1. The molecule has 0 unspecified atom stereocenters. The van der Waals surface area contributed by atoms with Crippen molar-refractivity contribution in [2.45, 2.75) is 31.8 Å². The molecule has 0 aromatic heterocycles. The zero-order chi connectivity index (χ0) is 7.94. The summed E-state index contributed by atoms with van der Waals surface area (Å²) in [6.45, 7) is 1.93. The fourth-order valence-corrected chi connectivity index (χ4v) is 1.26. The SMILES string of the molecule is N#CC1NCCCCCCN1. The first-order valence-electron chi connectivity index (χ1n) is 4.30. The molecule has 0 atom stereocenters. The molecule has 1 saturated heterocycles. The largest absolute Gasteiger partial charge is 0.290 e. The first kappa shape index (κ1) is 8.51. The lowest BCUT2D eigenvalue weighted by atomic mass is 10.2. The molecular weight excluding hydrogens is 138 g/mol. The van der Waals surface area contributed by atoms with E-state index in [1.54, 1.807) is 0 Å². The van der Waals surface area contributed by atoms with Crippen LogP contribution in [-0.4, -0.2) is 19.3 Å². The molecule has 0 aromatic rings. The maximum absolute atomic E-state index is 8.62. The van der Waals surface area contributed by atoms with Crippen molar-refractivity contribution in [2.75, 3.05) is 13.1 Å². The maximum Gasteiger partial charge on any atom is 0.147 e. The van der Waals surface area contributed by atoms with E-state index >= 15 is 0 Å². The highest BCUT2D eigenvalue weighted by Crippen LogP contribution is 1.99. The van der Waals surface area contributed by atoms with Crippen molar-refractivity contribution in [3.05, 3.63) is 0 Å². The Bertz CT molecular complexity index is 129. The molecule has 11 heavy (non-hydrogen) atoms. The van der Waals surface area contributed by atoms with E-state index in [0.717, 1.165) is 13.1 Å². The summed E-state index contributed by atoms with van der Waals surface area (Å²) in [5, 5.41) is 14.9. The summed E-state index contributed by atoms with van der Waals surface area (Å²) >= 11 is 0. The topological polar surface area (TPSA) is 47.9 Å². The van der Waals surface area contributed by atoms with Crippen molar-refractivity contribution >= 4 is 0 Å². The van der Waals surface area contributed by atoms with Crippen molar-refractivity contribution < 1.29 is 0 Å². The van der Waals surface area contributed by atoms with Crippen molar-refractivity contribution in [3.8, 4) is 6.07 Å². The van der Waals surface area contributed by atoms with E-state index in [2.05, 4.69) is 16.7 Å². The molecule has 0 amide bonds. The zero-order valence-electron chi connectivity index (χ0n) is 6.77. The Labute approximate surface area is 67.8 Å². The third-order valence-corrected chi connectivity index (χ3v) is 1.93. The van der Waals surface area contributed by atoms with Gasteiger partial charge in [0, 0.05) is 0 Å².